The van der Waals surface area contributed by atoms with Gasteiger partial charge in [-0.05, 0) is 71.7 Å². The number of aryl methyl sites for hydroxylation is 3. The minimum absolute atomic E-state index is 0.0567. The van der Waals surface area contributed by atoms with Crippen LogP contribution < -0.4 is 4.74 Å². The van der Waals surface area contributed by atoms with Crippen LogP contribution in [-0.2, 0) is 19.3 Å². The fraction of sp³-hybridized carbons (Fsp3) is 0.172. The maximum atomic E-state index is 15.0. The summed E-state index contributed by atoms with van der Waals surface area (Å²) in [5, 5.41) is 1.36. The van der Waals surface area contributed by atoms with Crippen LogP contribution in [0.2, 0.25) is 0 Å². The summed E-state index contributed by atoms with van der Waals surface area (Å²) >= 11 is 0. The molecular weight excluding hydrogens is 421 g/mol. The zero-order valence-electron chi connectivity index (χ0n) is 18.2. The van der Waals surface area contributed by atoms with Crippen LogP contribution in [0.4, 0.5) is 13.2 Å². The molecule has 4 heteroatoms. The van der Waals surface area contributed by atoms with Crippen molar-refractivity contribution in [3.63, 3.8) is 0 Å². The lowest BCUT2D eigenvalue weighted by Crippen LogP contribution is -2.01. The third kappa shape index (κ3) is 5.75. The number of hydrogen-bond acceptors (Lipinski definition) is 1. The maximum absolute atomic E-state index is 15.0. The van der Waals surface area contributed by atoms with E-state index in [1.54, 1.807) is 18.2 Å². The molecule has 0 radical (unpaired) electrons. The molecule has 4 rings (SSSR count). The highest BCUT2D eigenvalue weighted by molar-refractivity contribution is 5.85. The fourth-order valence-corrected chi connectivity index (χ4v) is 3.68. The molecule has 0 saturated carbocycles. The van der Waals surface area contributed by atoms with Crippen molar-refractivity contribution < 1.29 is 17.9 Å². The highest BCUT2D eigenvalue weighted by Crippen LogP contribution is 2.23. The molecule has 1 nitrogen and oxygen atoms in total. The molecule has 0 atom stereocenters. The Labute approximate surface area is 191 Å². The van der Waals surface area contributed by atoms with E-state index in [1.165, 1.54) is 23.3 Å². The van der Waals surface area contributed by atoms with E-state index in [1.807, 2.05) is 24.3 Å². The van der Waals surface area contributed by atoms with Crippen LogP contribution in [0, 0.1) is 17.7 Å². The Bertz CT molecular complexity index is 1300. The molecule has 0 aliphatic heterocycles. The third-order valence-corrected chi connectivity index (χ3v) is 5.57. The molecule has 0 heterocycles. The van der Waals surface area contributed by atoms with E-state index in [4.69, 9.17) is 0 Å². The second kappa shape index (κ2) is 10.3. The van der Waals surface area contributed by atoms with Crippen LogP contribution >= 0.6 is 0 Å². The quantitative estimate of drug-likeness (QED) is 0.283. The zero-order chi connectivity index (χ0) is 23.2. The van der Waals surface area contributed by atoms with Gasteiger partial charge in [-0.25, -0.2) is 4.39 Å². The van der Waals surface area contributed by atoms with Crippen LogP contribution in [0.1, 0.15) is 34.7 Å². The number of halogens is 3. The Hall–Kier alpha value is -3.71. The molecular formula is C29H23F3O. The number of benzene rings is 4. The molecule has 4 aromatic rings. The molecule has 0 aliphatic rings. The van der Waals surface area contributed by atoms with Crippen LogP contribution in [0.25, 0.3) is 10.8 Å². The lowest BCUT2D eigenvalue weighted by atomic mass is 9.99. The molecule has 0 fully saturated rings. The molecule has 0 unspecified atom stereocenters. The molecule has 0 aromatic heterocycles. The van der Waals surface area contributed by atoms with Crippen molar-refractivity contribution in [2.75, 3.05) is 0 Å². The zero-order valence-corrected chi connectivity index (χ0v) is 18.2. The van der Waals surface area contributed by atoms with Crippen molar-refractivity contribution in [2.45, 2.75) is 32.8 Å². The normalized spacial score (nSPS) is 10.8. The molecule has 33 heavy (non-hydrogen) atoms. The summed E-state index contributed by atoms with van der Waals surface area (Å²) in [5.74, 6) is 5.41. The van der Waals surface area contributed by atoms with Gasteiger partial charge in [-0.3, -0.25) is 0 Å². The van der Waals surface area contributed by atoms with Crippen molar-refractivity contribution in [2.24, 2.45) is 0 Å². The van der Waals surface area contributed by atoms with Gasteiger partial charge in [-0.1, -0.05) is 67.3 Å². The first-order valence-corrected chi connectivity index (χ1v) is 10.9. The van der Waals surface area contributed by atoms with Gasteiger partial charge in [0, 0.05) is 10.9 Å². The summed E-state index contributed by atoms with van der Waals surface area (Å²) in [4.78, 5) is 0. The monoisotopic (exact) mass is 444 g/mol. The Morgan fingerprint density at radius 3 is 2.12 bits per heavy atom. The molecule has 0 aliphatic carbocycles. The highest BCUT2D eigenvalue weighted by Gasteiger charge is 2.07. The average molecular weight is 444 g/mol. The van der Waals surface area contributed by atoms with E-state index in [2.05, 4.69) is 47.8 Å². The van der Waals surface area contributed by atoms with Gasteiger partial charge in [0.05, 0.1) is 5.56 Å². The van der Waals surface area contributed by atoms with Gasteiger partial charge < -0.3 is 4.74 Å². The number of alkyl halides is 2. The Morgan fingerprint density at radius 2 is 1.42 bits per heavy atom. The fourth-order valence-electron chi connectivity index (χ4n) is 3.68. The second-order valence-electron chi connectivity index (χ2n) is 7.81. The van der Waals surface area contributed by atoms with Crippen molar-refractivity contribution in [1.82, 2.24) is 0 Å². The maximum Gasteiger partial charge on any atom is 0.387 e. The summed E-state index contributed by atoms with van der Waals surface area (Å²) in [6.45, 7) is -0.729. The summed E-state index contributed by atoms with van der Waals surface area (Å²) < 4.78 is 43.8. The standard InChI is InChI=1S/C29H23F3O/c1-2-20-3-5-21(6-4-20)7-8-23-12-18-27-25(19-23)15-14-24(28(27)30)13-9-22-10-16-26(17-11-22)33-29(31)32/h3-6,10-12,14-19,29H,2,7-8H2,1H3. The average Bonchev–Trinajstić information content (AvgIpc) is 2.83. The van der Waals surface area contributed by atoms with Crippen LogP contribution in [0.5, 0.6) is 5.75 Å². The van der Waals surface area contributed by atoms with Gasteiger partial charge in [0.15, 0.2) is 0 Å². The van der Waals surface area contributed by atoms with E-state index in [0.717, 1.165) is 30.2 Å². The minimum Gasteiger partial charge on any atom is -0.435 e. The predicted molar refractivity (Wildman–Crippen MR) is 126 cm³/mol. The Morgan fingerprint density at radius 1 is 0.758 bits per heavy atom. The smallest absolute Gasteiger partial charge is 0.387 e. The van der Waals surface area contributed by atoms with Gasteiger partial charge in [-0.15, -0.1) is 0 Å². The lowest BCUT2D eigenvalue weighted by molar-refractivity contribution is -0.0498. The van der Waals surface area contributed by atoms with E-state index in [0.29, 0.717) is 16.5 Å². The number of ether oxygens (including phenoxy) is 1. The summed E-state index contributed by atoms with van der Waals surface area (Å²) in [5.41, 5.74) is 4.65. The Kier molecular flexibility index (Phi) is 7.00. The lowest BCUT2D eigenvalue weighted by Gasteiger charge is -2.07. The SMILES string of the molecule is CCc1ccc(CCc2ccc3c(F)c(C#Cc4ccc(OC(F)F)cc4)ccc3c2)cc1. The number of hydrogen-bond donors (Lipinski definition) is 0. The summed E-state index contributed by atoms with van der Waals surface area (Å²) in [6.07, 6.45) is 2.85. The third-order valence-electron chi connectivity index (χ3n) is 5.57. The molecule has 0 N–H and O–H groups in total. The first kappa shape index (κ1) is 22.5. The molecule has 0 spiro atoms. The second-order valence-corrected chi connectivity index (χ2v) is 7.81. The first-order valence-electron chi connectivity index (χ1n) is 10.9. The van der Waals surface area contributed by atoms with Gasteiger partial charge in [0.2, 0.25) is 0 Å². The molecule has 166 valence electrons. The van der Waals surface area contributed by atoms with Gasteiger partial charge in [-0.2, -0.15) is 8.78 Å². The van der Waals surface area contributed by atoms with Crippen LogP contribution in [0.15, 0.2) is 78.9 Å². The van der Waals surface area contributed by atoms with E-state index in [-0.39, 0.29) is 11.6 Å². The Balaban J connectivity index is 1.48. The first-order chi connectivity index (χ1) is 16.0. The van der Waals surface area contributed by atoms with Crippen molar-refractivity contribution in [1.29, 1.82) is 0 Å². The van der Waals surface area contributed by atoms with Crippen molar-refractivity contribution in [3.8, 4) is 17.6 Å². The van der Waals surface area contributed by atoms with Gasteiger partial charge in [0.1, 0.15) is 11.6 Å². The van der Waals surface area contributed by atoms with Gasteiger partial charge in [0.25, 0.3) is 0 Å². The molecule has 0 bridgehead atoms. The number of fused-ring (bicyclic) bond motifs is 1. The van der Waals surface area contributed by atoms with E-state index >= 15 is 4.39 Å². The van der Waals surface area contributed by atoms with E-state index in [9.17, 15) is 8.78 Å². The molecule has 0 saturated heterocycles. The number of rotatable bonds is 6. The molecule has 0 amide bonds. The highest BCUT2D eigenvalue weighted by atomic mass is 19.3. The summed E-state index contributed by atoms with van der Waals surface area (Å²) in [7, 11) is 0. The summed E-state index contributed by atoms with van der Waals surface area (Å²) in [6, 6.07) is 24.0. The van der Waals surface area contributed by atoms with Crippen LogP contribution in [0.3, 0.4) is 0 Å². The van der Waals surface area contributed by atoms with Crippen molar-refractivity contribution >= 4 is 10.8 Å². The van der Waals surface area contributed by atoms with E-state index < -0.39 is 6.61 Å². The molecule has 4 aromatic carbocycles. The van der Waals surface area contributed by atoms with Crippen molar-refractivity contribution in [3.05, 3.63) is 112 Å². The van der Waals surface area contributed by atoms with Gasteiger partial charge >= 0.3 is 6.61 Å². The largest absolute Gasteiger partial charge is 0.435 e. The minimum atomic E-state index is -2.87. The topological polar surface area (TPSA) is 9.23 Å². The van der Waals surface area contributed by atoms with Crippen LogP contribution in [-0.4, -0.2) is 6.61 Å². The predicted octanol–water partition coefficient (Wildman–Crippen LogP) is 7.33.